The Morgan fingerprint density at radius 2 is 0.980 bits per heavy atom. The van der Waals surface area contributed by atoms with Crippen LogP contribution in [0.2, 0.25) is 0 Å². The summed E-state index contributed by atoms with van der Waals surface area (Å²) in [7, 11) is -20.7. The van der Waals surface area contributed by atoms with Gasteiger partial charge in [-0.2, -0.15) is 0 Å². The van der Waals surface area contributed by atoms with E-state index in [-0.39, 0.29) is 71.3 Å². The summed E-state index contributed by atoms with van der Waals surface area (Å²) in [6.07, 6.45) is 5.19. The van der Waals surface area contributed by atoms with E-state index in [0.29, 0.717) is 25.7 Å². The summed E-state index contributed by atoms with van der Waals surface area (Å²) in [4.78, 5) is 58.3. The molecule has 0 radical (unpaired) electrons. The minimum absolute atomic E-state index is 0.0295. The van der Waals surface area contributed by atoms with Gasteiger partial charge in [0, 0.05) is 6.42 Å². The Bertz CT molecular complexity index is 1210. The van der Waals surface area contributed by atoms with Crippen LogP contribution in [0.5, 0.6) is 0 Å². The molecule has 1 heterocycles. The monoisotopic (exact) mass is 844 g/mol. The van der Waals surface area contributed by atoms with Gasteiger partial charge in [0.15, 0.2) is 0 Å². The predicted octanol–water partition coefficient (Wildman–Crippen LogP) is 1.42. The summed E-state index contributed by atoms with van der Waals surface area (Å²) in [5.74, 6) is 2.43. The van der Waals surface area contributed by atoms with Crippen molar-refractivity contribution >= 4 is 47.3 Å². The SMILES string of the molecule is BC1CC(O)C(CO[PH](O)(O)OCCCOP(=O)(O)OCCCOP(=O)(O)OCCCOP(=O)(O)OCCCOP(=O)(O)OCCCCC#C)O1. The Labute approximate surface area is 297 Å². The van der Waals surface area contributed by atoms with Crippen molar-refractivity contribution < 1.29 is 103 Å². The van der Waals surface area contributed by atoms with Crippen molar-refractivity contribution in [3.63, 3.8) is 0 Å². The summed E-state index contributed by atoms with van der Waals surface area (Å²) in [6, 6.07) is -0.203. The maximum absolute atomic E-state index is 12.0. The number of aliphatic hydroxyl groups excluding tert-OH is 1. The van der Waals surface area contributed by atoms with E-state index in [1.165, 1.54) is 0 Å². The van der Waals surface area contributed by atoms with Gasteiger partial charge in [-0.3, -0.25) is 22.6 Å². The second-order valence-corrected chi connectivity index (χ2v) is 18.1. The summed E-state index contributed by atoms with van der Waals surface area (Å²) in [6.45, 7) is -3.34. The average Bonchev–Trinajstić information content (AvgIpc) is 3.35. The van der Waals surface area contributed by atoms with Gasteiger partial charge in [0.05, 0.1) is 33.0 Å². The molecule has 7 atom stereocenters. The normalized spacial score (nSPS) is 23.1. The summed E-state index contributed by atoms with van der Waals surface area (Å²) in [5, 5.41) is 9.79. The molecule has 1 aliphatic heterocycles. The van der Waals surface area contributed by atoms with Gasteiger partial charge >= 0.3 is 170 Å². The molecule has 0 aromatic rings. The molecule has 302 valence electrons. The van der Waals surface area contributed by atoms with Crippen molar-refractivity contribution in [3.05, 3.63) is 0 Å². The quantitative estimate of drug-likeness (QED) is 0.0218. The number of phosphoric acid groups is 4. The Hall–Kier alpha value is 0.255. The van der Waals surface area contributed by atoms with Crippen LogP contribution in [0, 0.1) is 12.3 Å². The summed E-state index contributed by atoms with van der Waals surface area (Å²) in [5.41, 5.74) is 0. The predicted molar refractivity (Wildman–Crippen MR) is 181 cm³/mol. The van der Waals surface area contributed by atoms with Gasteiger partial charge in [0.1, 0.15) is 0 Å². The third kappa shape index (κ3) is 26.7. The molecule has 1 aliphatic rings. The fraction of sp³-hybridized carbons (Fsp3) is 0.913. The minimum atomic E-state index is -4.56. The number of terminal acetylenes is 1. The summed E-state index contributed by atoms with van der Waals surface area (Å²) >= 11 is 0. The molecule has 0 spiro atoms. The van der Waals surface area contributed by atoms with Gasteiger partial charge in [-0.1, -0.05) is 0 Å². The van der Waals surface area contributed by atoms with E-state index in [1.807, 2.05) is 0 Å². The number of ether oxygens (including phenoxy) is 1. The van der Waals surface area contributed by atoms with Gasteiger partial charge < -0.3 is 14.7 Å². The van der Waals surface area contributed by atoms with Gasteiger partial charge in [-0.25, -0.2) is 13.7 Å². The molecule has 1 rings (SSSR count). The van der Waals surface area contributed by atoms with Crippen LogP contribution in [0.25, 0.3) is 0 Å². The van der Waals surface area contributed by atoms with E-state index < -0.39 is 78.1 Å². The first-order chi connectivity index (χ1) is 23.8. The van der Waals surface area contributed by atoms with Crippen LogP contribution in [0.4, 0.5) is 0 Å². The van der Waals surface area contributed by atoms with Crippen LogP contribution in [-0.4, -0.2) is 127 Å². The molecule has 0 aromatic carbocycles. The van der Waals surface area contributed by atoms with Gasteiger partial charge in [-0.15, -0.1) is 12.3 Å². The van der Waals surface area contributed by atoms with Crippen LogP contribution in [-0.2, 0) is 68.2 Å². The van der Waals surface area contributed by atoms with Crippen LogP contribution >= 0.6 is 39.5 Å². The molecule has 22 nitrogen and oxygen atoms in total. The van der Waals surface area contributed by atoms with Crippen molar-refractivity contribution in [2.24, 2.45) is 0 Å². The molecule has 0 aliphatic carbocycles. The Morgan fingerprint density at radius 3 is 1.31 bits per heavy atom. The molecule has 28 heteroatoms. The molecule has 0 amide bonds. The fourth-order valence-corrected chi connectivity index (χ4v) is 7.73. The Balaban J connectivity index is 2.08. The Kier molecular flexibility index (Phi) is 24.6. The van der Waals surface area contributed by atoms with Crippen molar-refractivity contribution in [1.29, 1.82) is 0 Å². The number of rotatable bonds is 32. The fourth-order valence-electron chi connectivity index (χ4n) is 3.68. The third-order valence-corrected chi connectivity index (χ3v) is 11.2. The van der Waals surface area contributed by atoms with Crippen molar-refractivity contribution in [1.82, 2.24) is 0 Å². The zero-order valence-corrected chi connectivity index (χ0v) is 32.7. The number of aliphatic hydroxyl groups is 1. The molecular weight excluding hydrogens is 794 g/mol. The molecule has 51 heavy (non-hydrogen) atoms. The number of hydrogen-bond donors (Lipinski definition) is 7. The molecule has 0 bridgehead atoms. The standard InChI is InChI=1S/C23H50BO22P5/c1-2-3-4-5-10-36-47(26,27)37-11-6-12-38-48(28,29)39-13-7-14-40-49(30,31)41-15-8-16-42-50(32,33)43-17-9-18-44-51(34,35)45-20-22-21(25)19-23(24)46-22/h1,21-23,25,34-35,51H,3-20,24H2,(H,26,27)(H,28,29)(H,30,31)(H,32,33). The summed E-state index contributed by atoms with van der Waals surface area (Å²) < 4.78 is 100. The topological polar surface area (TPSA) is 311 Å². The van der Waals surface area contributed by atoms with E-state index in [2.05, 4.69) is 5.92 Å². The van der Waals surface area contributed by atoms with Crippen molar-refractivity contribution in [2.75, 3.05) is 66.1 Å². The van der Waals surface area contributed by atoms with Crippen LogP contribution in [0.15, 0.2) is 0 Å². The van der Waals surface area contributed by atoms with E-state index >= 15 is 0 Å². The number of unbranched alkanes of at least 4 members (excludes halogenated alkanes) is 2. The molecule has 1 saturated heterocycles. The first kappa shape index (κ1) is 49.3. The van der Waals surface area contributed by atoms with Gasteiger partial charge in [-0.05, 0) is 25.7 Å². The molecule has 1 fully saturated rings. The Morgan fingerprint density at radius 1 is 0.627 bits per heavy atom. The first-order valence-corrected chi connectivity index (χ1v) is 23.4. The molecule has 7 N–H and O–H groups in total. The average molecular weight is 844 g/mol. The third-order valence-electron chi connectivity index (χ3n) is 6.04. The zero-order valence-electron chi connectivity index (χ0n) is 28.1. The molecule has 7 unspecified atom stereocenters. The number of phosphoric ester groups is 4. The van der Waals surface area contributed by atoms with E-state index in [9.17, 15) is 52.7 Å². The van der Waals surface area contributed by atoms with Crippen molar-refractivity contribution in [2.45, 2.75) is 69.6 Å². The second kappa shape index (κ2) is 25.4. The van der Waals surface area contributed by atoms with Crippen LogP contribution < -0.4 is 0 Å². The molecular formula is C23H50BO22P5. The van der Waals surface area contributed by atoms with Crippen LogP contribution in [0.3, 0.4) is 0 Å². The number of hydrogen-bond acceptors (Lipinski definition) is 18. The zero-order chi connectivity index (χ0) is 38.4. The second-order valence-electron chi connectivity index (χ2n) is 10.6. The maximum atomic E-state index is 12.0. The molecule has 0 saturated carbocycles. The van der Waals surface area contributed by atoms with Crippen LogP contribution in [0.1, 0.15) is 51.4 Å². The van der Waals surface area contributed by atoms with Gasteiger partial charge in [0.25, 0.3) is 0 Å². The van der Waals surface area contributed by atoms with E-state index in [1.54, 1.807) is 7.85 Å². The van der Waals surface area contributed by atoms with Crippen molar-refractivity contribution in [3.8, 4) is 12.3 Å². The van der Waals surface area contributed by atoms with Gasteiger partial charge in [0.2, 0.25) is 0 Å². The van der Waals surface area contributed by atoms with E-state index in [0.717, 1.165) is 0 Å². The first-order valence-electron chi connectivity index (χ1n) is 15.7. The molecule has 0 aromatic heterocycles. The van der Waals surface area contributed by atoms with E-state index in [4.69, 9.17) is 56.4 Å².